The summed E-state index contributed by atoms with van der Waals surface area (Å²) in [5.74, 6) is -0.354. The molecule has 2 aromatic carbocycles. The lowest BCUT2D eigenvalue weighted by Crippen LogP contribution is -2.43. The second kappa shape index (κ2) is 9.74. The lowest BCUT2D eigenvalue weighted by atomic mass is 10.0. The molecule has 0 radical (unpaired) electrons. The predicted octanol–water partition coefficient (Wildman–Crippen LogP) is 4.14. The monoisotopic (exact) mass is 457 g/mol. The number of nitrogens with zero attached hydrogens (tertiary/aromatic N) is 3. The van der Waals surface area contributed by atoms with E-state index in [1.54, 1.807) is 23.0 Å². The number of aromatic nitrogens is 3. The zero-order valence-electron chi connectivity index (χ0n) is 19.6. The number of benzene rings is 2. The van der Waals surface area contributed by atoms with Crippen LogP contribution in [0.5, 0.6) is 5.75 Å². The molecule has 2 N–H and O–H groups in total. The number of amides is 2. The third-order valence-corrected chi connectivity index (χ3v) is 5.40. The Hall–Kier alpha value is -4.20. The van der Waals surface area contributed by atoms with Gasteiger partial charge in [0.05, 0.1) is 22.8 Å². The van der Waals surface area contributed by atoms with Gasteiger partial charge in [0.15, 0.2) is 12.3 Å². The van der Waals surface area contributed by atoms with Crippen molar-refractivity contribution in [3.8, 4) is 17.0 Å². The van der Waals surface area contributed by atoms with E-state index in [0.717, 1.165) is 16.7 Å². The van der Waals surface area contributed by atoms with Crippen molar-refractivity contribution in [1.29, 1.82) is 0 Å². The molecule has 8 nitrogen and oxygen atoms in total. The van der Waals surface area contributed by atoms with E-state index in [-0.39, 0.29) is 12.6 Å². The second-order valence-electron chi connectivity index (χ2n) is 8.40. The van der Waals surface area contributed by atoms with Gasteiger partial charge in [-0.15, -0.1) is 0 Å². The minimum atomic E-state index is -0.475. The van der Waals surface area contributed by atoms with Crippen LogP contribution in [-0.4, -0.2) is 33.2 Å². The maximum Gasteiger partial charge on any atom is 0.276 e. The number of hydrogen-bond acceptors (Lipinski definition) is 5. The fourth-order valence-electron chi connectivity index (χ4n) is 3.67. The number of rotatable bonds is 6. The first-order valence-corrected chi connectivity index (χ1v) is 11.1. The van der Waals surface area contributed by atoms with E-state index >= 15 is 0 Å². The highest BCUT2D eigenvalue weighted by Crippen LogP contribution is 2.28. The summed E-state index contributed by atoms with van der Waals surface area (Å²) in [4.78, 5) is 30.2. The van der Waals surface area contributed by atoms with Crippen LogP contribution in [0.4, 0.5) is 0 Å². The summed E-state index contributed by atoms with van der Waals surface area (Å²) < 4.78 is 7.27. The van der Waals surface area contributed by atoms with Gasteiger partial charge in [0, 0.05) is 11.6 Å². The molecule has 2 aromatic heterocycles. The van der Waals surface area contributed by atoms with Crippen molar-refractivity contribution in [1.82, 2.24) is 25.6 Å². The number of aryl methyl sites for hydroxylation is 2. The zero-order valence-corrected chi connectivity index (χ0v) is 19.6. The lowest BCUT2D eigenvalue weighted by Gasteiger charge is -2.13. The number of hydrogen-bond donors (Lipinski definition) is 2. The number of pyridine rings is 1. The fourth-order valence-corrected chi connectivity index (χ4v) is 3.67. The third kappa shape index (κ3) is 4.91. The molecule has 174 valence electrons. The first-order chi connectivity index (χ1) is 16.3. The minimum Gasteiger partial charge on any atom is -0.484 e. The molecule has 0 aliphatic carbocycles. The van der Waals surface area contributed by atoms with Gasteiger partial charge in [-0.1, -0.05) is 36.4 Å². The lowest BCUT2D eigenvalue weighted by molar-refractivity contribution is -0.123. The molecule has 0 saturated carbocycles. The van der Waals surface area contributed by atoms with E-state index in [2.05, 4.69) is 16.0 Å². The third-order valence-electron chi connectivity index (χ3n) is 5.40. The van der Waals surface area contributed by atoms with Crippen LogP contribution in [-0.2, 0) is 4.79 Å². The number of nitrogens with one attached hydrogen (secondary N) is 2. The van der Waals surface area contributed by atoms with Crippen molar-refractivity contribution in [3.63, 3.8) is 0 Å². The largest absolute Gasteiger partial charge is 0.484 e. The fraction of sp³-hybridized carbons (Fsp3) is 0.231. The molecule has 0 aliphatic heterocycles. The van der Waals surface area contributed by atoms with E-state index < -0.39 is 11.8 Å². The Morgan fingerprint density at radius 1 is 1.03 bits per heavy atom. The molecule has 0 fully saturated rings. The van der Waals surface area contributed by atoms with Gasteiger partial charge < -0.3 is 4.74 Å². The highest BCUT2D eigenvalue weighted by molar-refractivity contribution is 6.07. The van der Waals surface area contributed by atoms with Crippen LogP contribution >= 0.6 is 0 Å². The first-order valence-electron chi connectivity index (χ1n) is 11.1. The highest BCUT2D eigenvalue weighted by Gasteiger charge is 2.19. The number of hydrazine groups is 1. The topological polar surface area (TPSA) is 98.1 Å². The molecule has 0 spiro atoms. The maximum atomic E-state index is 13.1. The molecule has 0 atom stereocenters. The van der Waals surface area contributed by atoms with Gasteiger partial charge in [-0.3, -0.25) is 20.4 Å². The van der Waals surface area contributed by atoms with Crippen molar-refractivity contribution in [2.24, 2.45) is 0 Å². The van der Waals surface area contributed by atoms with Gasteiger partial charge in [-0.05, 0) is 57.0 Å². The first kappa shape index (κ1) is 23.0. The van der Waals surface area contributed by atoms with Crippen molar-refractivity contribution < 1.29 is 14.3 Å². The van der Waals surface area contributed by atoms with Crippen LogP contribution in [0, 0.1) is 13.8 Å². The second-order valence-corrected chi connectivity index (χ2v) is 8.40. The molecule has 4 aromatic rings. The Kier molecular flexibility index (Phi) is 6.58. The van der Waals surface area contributed by atoms with E-state index in [1.807, 2.05) is 70.2 Å². The van der Waals surface area contributed by atoms with Gasteiger partial charge >= 0.3 is 0 Å². The van der Waals surface area contributed by atoms with Crippen LogP contribution in [0.15, 0.2) is 60.8 Å². The van der Waals surface area contributed by atoms with Gasteiger partial charge in [0.2, 0.25) is 0 Å². The molecule has 34 heavy (non-hydrogen) atoms. The van der Waals surface area contributed by atoms with Crippen LogP contribution in [0.3, 0.4) is 0 Å². The van der Waals surface area contributed by atoms with E-state index in [1.165, 1.54) is 0 Å². The molecule has 4 rings (SSSR count). The Bertz CT molecular complexity index is 1360. The van der Waals surface area contributed by atoms with Crippen LogP contribution in [0.25, 0.3) is 22.3 Å². The Labute approximate surface area is 197 Å². The summed E-state index contributed by atoms with van der Waals surface area (Å²) in [7, 11) is 0. The summed E-state index contributed by atoms with van der Waals surface area (Å²) >= 11 is 0. The standard InChI is InChI=1S/C26H27N5O3/c1-16(2)31-25-22(14-27-31)21(13-23(28-25)20-11-6-5-9-18(20)4)26(33)30-29-24(32)15-34-19-10-7-8-17(3)12-19/h5-14,16H,15H2,1-4H3,(H,29,32)(H,30,33). The molecular weight excluding hydrogens is 430 g/mol. The molecule has 0 aliphatic rings. The molecule has 0 bridgehead atoms. The number of carbonyl (C=O) groups is 2. The highest BCUT2D eigenvalue weighted by atomic mass is 16.5. The average Bonchev–Trinajstić information content (AvgIpc) is 3.25. The van der Waals surface area contributed by atoms with Gasteiger partial charge in [-0.25, -0.2) is 9.67 Å². The smallest absolute Gasteiger partial charge is 0.276 e. The predicted molar refractivity (Wildman–Crippen MR) is 130 cm³/mol. The van der Waals surface area contributed by atoms with E-state index in [9.17, 15) is 9.59 Å². The van der Waals surface area contributed by atoms with E-state index in [4.69, 9.17) is 9.72 Å². The maximum absolute atomic E-state index is 13.1. The average molecular weight is 458 g/mol. The Morgan fingerprint density at radius 2 is 1.82 bits per heavy atom. The van der Waals surface area contributed by atoms with Gasteiger partial charge in [0.25, 0.3) is 11.8 Å². The van der Waals surface area contributed by atoms with E-state index in [0.29, 0.717) is 28.0 Å². The summed E-state index contributed by atoms with van der Waals surface area (Å²) in [6.07, 6.45) is 1.63. The minimum absolute atomic E-state index is 0.0616. The quantitative estimate of drug-likeness (QED) is 0.424. The van der Waals surface area contributed by atoms with Crippen molar-refractivity contribution in [2.45, 2.75) is 33.7 Å². The van der Waals surface area contributed by atoms with Crippen LogP contribution in [0.2, 0.25) is 0 Å². The molecule has 2 heterocycles. The SMILES string of the molecule is Cc1cccc(OCC(=O)NNC(=O)c2cc(-c3ccccc3C)nc3c2cnn3C(C)C)c1. The normalized spacial score (nSPS) is 11.0. The number of ether oxygens (including phenoxy) is 1. The van der Waals surface area contributed by atoms with Gasteiger partial charge in [0.1, 0.15) is 5.75 Å². The van der Waals surface area contributed by atoms with Crippen molar-refractivity contribution in [2.75, 3.05) is 6.61 Å². The summed E-state index contributed by atoms with van der Waals surface area (Å²) in [5, 5.41) is 5.03. The molecular formula is C26H27N5O3. The molecule has 2 amide bonds. The van der Waals surface area contributed by atoms with Crippen molar-refractivity contribution >= 4 is 22.8 Å². The summed E-state index contributed by atoms with van der Waals surface area (Å²) in [6.45, 7) is 7.71. The Morgan fingerprint density at radius 3 is 2.56 bits per heavy atom. The Balaban J connectivity index is 1.56. The van der Waals surface area contributed by atoms with Crippen LogP contribution < -0.4 is 15.6 Å². The summed E-state index contributed by atoms with van der Waals surface area (Å²) in [5.41, 5.74) is 9.53. The molecule has 0 saturated heterocycles. The summed E-state index contributed by atoms with van der Waals surface area (Å²) in [6, 6.07) is 17.0. The number of fused-ring (bicyclic) bond motifs is 1. The molecule has 8 heteroatoms. The van der Waals surface area contributed by atoms with Crippen LogP contribution in [0.1, 0.15) is 41.4 Å². The van der Waals surface area contributed by atoms with Gasteiger partial charge in [-0.2, -0.15) is 5.10 Å². The number of carbonyl (C=O) groups excluding carboxylic acids is 2. The molecule has 0 unspecified atom stereocenters. The zero-order chi connectivity index (χ0) is 24.2. The van der Waals surface area contributed by atoms with Crippen molar-refractivity contribution in [3.05, 3.63) is 77.5 Å².